The van der Waals surface area contributed by atoms with Gasteiger partial charge in [-0.2, -0.15) is 0 Å². The minimum absolute atomic E-state index is 0.0247. The summed E-state index contributed by atoms with van der Waals surface area (Å²) in [6.07, 6.45) is 19.2. The maximum Gasteiger partial charge on any atom is 0.172 e. The van der Waals surface area contributed by atoms with Gasteiger partial charge in [0.15, 0.2) is 5.78 Å². The van der Waals surface area contributed by atoms with Crippen molar-refractivity contribution in [2.24, 2.45) is 11.8 Å². The van der Waals surface area contributed by atoms with Crippen LogP contribution in [0.1, 0.15) is 195 Å². The molecule has 6 heterocycles. The average molecular weight is 956 g/mol. The Bertz CT molecular complexity index is 2590. The fourth-order valence-corrected chi connectivity index (χ4v) is 17.1. The molecule has 0 saturated heterocycles. The lowest BCUT2D eigenvalue weighted by Gasteiger charge is -2.16. The van der Waals surface area contributed by atoms with E-state index in [2.05, 4.69) is 119 Å². The highest BCUT2D eigenvalue weighted by Gasteiger charge is 2.30. The summed E-state index contributed by atoms with van der Waals surface area (Å²) < 4.78 is 4.16. The van der Waals surface area contributed by atoms with Gasteiger partial charge in [0, 0.05) is 77.2 Å². The zero-order valence-electron chi connectivity index (χ0n) is 40.4. The monoisotopic (exact) mass is 954 g/mol. The van der Waals surface area contributed by atoms with Gasteiger partial charge in [-0.05, 0) is 84.4 Å². The van der Waals surface area contributed by atoms with Crippen LogP contribution in [-0.2, 0) is 23.7 Å². The van der Waals surface area contributed by atoms with E-state index in [0.29, 0.717) is 12.2 Å². The summed E-state index contributed by atoms with van der Waals surface area (Å²) in [5.74, 6) is 1.79. The first kappa shape index (κ1) is 48.8. The fraction of sp³-hybridized carbons (Fsp3) is 0.554. The number of carbonyl (C=O) groups excluding carboxylic acids is 1. The smallest absolute Gasteiger partial charge is 0.172 e. The molecule has 0 spiro atoms. The van der Waals surface area contributed by atoms with Gasteiger partial charge < -0.3 is 0 Å². The zero-order chi connectivity index (χ0) is 45.1. The molecule has 340 valence electrons. The average Bonchev–Trinajstić information content (AvgIpc) is 4.10. The van der Waals surface area contributed by atoms with Crippen molar-refractivity contribution in [3.05, 3.63) is 66.9 Å². The van der Waals surface area contributed by atoms with E-state index in [-0.39, 0.29) is 10.8 Å². The summed E-state index contributed by atoms with van der Waals surface area (Å²) in [6.45, 7) is 25.8. The number of fused-ring (bicyclic) bond motifs is 3. The third-order valence-corrected chi connectivity index (χ3v) is 21.4. The Kier molecular flexibility index (Phi) is 16.4. The van der Waals surface area contributed by atoms with Crippen LogP contribution in [0.3, 0.4) is 0 Å². The maximum absolute atomic E-state index is 13.9. The maximum atomic E-state index is 13.9. The van der Waals surface area contributed by atoms with Crippen molar-refractivity contribution in [3.63, 3.8) is 0 Å². The molecule has 1 atom stereocenters. The van der Waals surface area contributed by atoms with Crippen molar-refractivity contribution in [3.8, 4) is 30.6 Å². The summed E-state index contributed by atoms with van der Waals surface area (Å²) in [5, 5.41) is 4.11. The molecule has 7 aromatic rings. The first-order valence-electron chi connectivity index (χ1n) is 24.5. The van der Waals surface area contributed by atoms with Crippen LogP contribution in [0, 0.1) is 11.8 Å². The largest absolute Gasteiger partial charge is 0.293 e. The van der Waals surface area contributed by atoms with Crippen LogP contribution in [0.2, 0.25) is 0 Å². The van der Waals surface area contributed by atoms with Crippen LogP contribution < -0.4 is 0 Å². The third-order valence-electron chi connectivity index (χ3n) is 13.3. The van der Waals surface area contributed by atoms with Crippen LogP contribution in [0.25, 0.3) is 60.9 Å². The van der Waals surface area contributed by atoms with Gasteiger partial charge in [0.2, 0.25) is 0 Å². The molecule has 0 saturated carbocycles. The molecule has 63 heavy (non-hydrogen) atoms. The molecule has 1 aromatic carbocycles. The van der Waals surface area contributed by atoms with Crippen molar-refractivity contribution < 1.29 is 4.79 Å². The second-order valence-electron chi connectivity index (χ2n) is 20.4. The summed E-state index contributed by atoms with van der Waals surface area (Å²) >= 11 is 11.8. The predicted octanol–water partition coefficient (Wildman–Crippen LogP) is 21.2. The van der Waals surface area contributed by atoms with E-state index >= 15 is 0 Å². The van der Waals surface area contributed by atoms with E-state index in [1.54, 1.807) is 11.3 Å². The molecule has 0 aliphatic rings. The normalized spacial score (nSPS) is 13.2. The van der Waals surface area contributed by atoms with Gasteiger partial charge in [0.25, 0.3) is 0 Å². The summed E-state index contributed by atoms with van der Waals surface area (Å²) in [4.78, 5) is 26.2. The van der Waals surface area contributed by atoms with E-state index < -0.39 is 0 Å². The lowest BCUT2D eigenvalue weighted by atomic mass is 9.92. The highest BCUT2D eigenvalue weighted by Crippen LogP contribution is 2.56. The van der Waals surface area contributed by atoms with Gasteiger partial charge in [0.05, 0.1) is 14.5 Å². The topological polar surface area (TPSA) is 17.1 Å². The number of ketones is 1. The third kappa shape index (κ3) is 11.0. The van der Waals surface area contributed by atoms with Crippen LogP contribution >= 0.6 is 68.0 Å². The first-order chi connectivity index (χ1) is 30.2. The molecule has 0 aliphatic heterocycles. The van der Waals surface area contributed by atoms with Gasteiger partial charge in [-0.3, -0.25) is 4.79 Å². The molecule has 6 aromatic heterocycles. The minimum Gasteiger partial charge on any atom is -0.293 e. The van der Waals surface area contributed by atoms with Crippen molar-refractivity contribution >= 4 is 104 Å². The van der Waals surface area contributed by atoms with Crippen molar-refractivity contribution in [1.82, 2.24) is 0 Å². The number of Topliss-reactive ketones (excluding diaryl/α,β-unsaturated/α-hetero) is 1. The SMILES string of the molecule is CCCCCCCCCC(=O)c1cc2c(C(C)(C)C)sc(-c3cc4c(-c5ccc(CC(CC)CCCC)s5)c5sc(C(C)(C)C)cc5c(-c5ccc(CC(CC)CC)s5)c4s3)c2s1. The molecular formula is C56H74OS6. The standard InChI is InChI=1S/C56H74OS6/c1-12-17-19-20-21-22-23-25-42(57)45-33-41-52(60-45)53(63-54(41)56(9,10)11)46-32-39-48(43-29-27-38(59-43)31-36(16-5)24-18-13-2)51-40(34-47(62-51)55(6,7)8)49(50(39)61-46)44-28-26-37(58-44)30-35(14-3)15-4/h26-29,32-36H,12-25,30-31H2,1-11H3. The number of rotatable bonds is 22. The number of unbranched alkanes of at least 4 members (excludes halogenated alkanes) is 7. The molecule has 0 bridgehead atoms. The van der Waals surface area contributed by atoms with Gasteiger partial charge in [-0.1, -0.05) is 153 Å². The molecule has 1 unspecified atom stereocenters. The number of benzene rings is 1. The summed E-state index contributed by atoms with van der Waals surface area (Å²) in [5.41, 5.74) is 2.88. The second-order valence-corrected chi connectivity index (χ2v) is 26.9. The van der Waals surface area contributed by atoms with E-state index in [4.69, 9.17) is 0 Å². The Hall–Kier alpha value is -2.13. The molecule has 0 fully saturated rings. The molecule has 0 N–H and O–H groups in total. The van der Waals surface area contributed by atoms with Gasteiger partial charge in [-0.15, -0.1) is 68.0 Å². The quantitative estimate of drug-likeness (QED) is 0.0489. The highest BCUT2D eigenvalue weighted by molar-refractivity contribution is 7.32. The van der Waals surface area contributed by atoms with Gasteiger partial charge in [-0.25, -0.2) is 0 Å². The van der Waals surface area contributed by atoms with Crippen LogP contribution in [-0.4, -0.2) is 5.78 Å². The summed E-state index contributed by atoms with van der Waals surface area (Å²) in [7, 11) is 0. The second kappa shape index (κ2) is 21.2. The van der Waals surface area contributed by atoms with Gasteiger partial charge in [0.1, 0.15) is 0 Å². The lowest BCUT2D eigenvalue weighted by molar-refractivity contribution is 0.0983. The Morgan fingerprint density at radius 2 is 1.10 bits per heavy atom. The summed E-state index contributed by atoms with van der Waals surface area (Å²) in [6, 6.07) is 17.2. The Labute approximate surface area is 404 Å². The predicted molar refractivity (Wildman–Crippen MR) is 292 cm³/mol. The van der Waals surface area contributed by atoms with E-state index in [1.807, 2.05) is 56.7 Å². The molecule has 0 aliphatic carbocycles. The number of hydrogen-bond donors (Lipinski definition) is 0. The minimum atomic E-state index is -0.0247. The van der Waals surface area contributed by atoms with E-state index in [1.165, 1.54) is 157 Å². The first-order valence-corrected chi connectivity index (χ1v) is 29.4. The number of carbonyl (C=O) groups is 1. The Morgan fingerprint density at radius 1 is 0.524 bits per heavy atom. The molecule has 0 amide bonds. The molecular weight excluding hydrogens is 881 g/mol. The van der Waals surface area contributed by atoms with Crippen molar-refractivity contribution in [2.75, 3.05) is 0 Å². The van der Waals surface area contributed by atoms with Crippen molar-refractivity contribution in [2.45, 2.75) is 190 Å². The van der Waals surface area contributed by atoms with E-state index in [0.717, 1.165) is 36.0 Å². The van der Waals surface area contributed by atoms with Crippen LogP contribution in [0.5, 0.6) is 0 Å². The van der Waals surface area contributed by atoms with Crippen molar-refractivity contribution in [1.29, 1.82) is 0 Å². The van der Waals surface area contributed by atoms with Crippen LogP contribution in [0.15, 0.2) is 42.5 Å². The Balaban J connectivity index is 1.41. The fourth-order valence-electron chi connectivity index (χ4n) is 9.23. The molecule has 7 rings (SSSR count). The molecule has 7 heteroatoms. The number of hydrogen-bond acceptors (Lipinski definition) is 7. The van der Waals surface area contributed by atoms with E-state index in [9.17, 15) is 4.79 Å². The molecule has 0 radical (unpaired) electrons. The number of thiophene rings is 6. The zero-order valence-corrected chi connectivity index (χ0v) is 45.3. The van der Waals surface area contributed by atoms with Gasteiger partial charge >= 0.3 is 0 Å². The lowest BCUT2D eigenvalue weighted by Crippen LogP contribution is -2.08. The highest BCUT2D eigenvalue weighted by atomic mass is 32.1. The molecule has 1 nitrogen and oxygen atoms in total. The Morgan fingerprint density at radius 3 is 1.68 bits per heavy atom. The van der Waals surface area contributed by atoms with Crippen LogP contribution in [0.4, 0.5) is 0 Å².